The Morgan fingerprint density at radius 3 is 2.81 bits per heavy atom. The van der Waals surface area contributed by atoms with Gasteiger partial charge in [0.25, 0.3) is 11.5 Å². The van der Waals surface area contributed by atoms with Crippen molar-refractivity contribution in [3.8, 4) is 0 Å². The molecule has 8 heteroatoms. The van der Waals surface area contributed by atoms with E-state index in [-0.39, 0.29) is 11.1 Å². The molecular weight excluding hydrogens is 350 g/mol. The molecule has 0 unspecified atom stereocenters. The van der Waals surface area contributed by atoms with E-state index in [2.05, 4.69) is 15.4 Å². The van der Waals surface area contributed by atoms with Crippen LogP contribution in [-0.4, -0.2) is 25.1 Å². The van der Waals surface area contributed by atoms with Crippen molar-refractivity contribution in [1.29, 1.82) is 0 Å². The molecule has 4 aromatic rings. The first-order valence-corrected chi connectivity index (χ1v) is 8.87. The molecule has 26 heavy (non-hydrogen) atoms. The van der Waals surface area contributed by atoms with Crippen LogP contribution < -0.4 is 10.9 Å². The second-order valence-electron chi connectivity index (χ2n) is 5.69. The summed E-state index contributed by atoms with van der Waals surface area (Å²) >= 11 is 1.35. The highest BCUT2D eigenvalue weighted by Crippen LogP contribution is 2.11. The number of hydrogen-bond acceptors (Lipinski definition) is 5. The third-order valence-electron chi connectivity index (χ3n) is 4.04. The molecule has 0 fully saturated rings. The van der Waals surface area contributed by atoms with Crippen molar-refractivity contribution >= 4 is 22.2 Å². The van der Waals surface area contributed by atoms with Crippen molar-refractivity contribution in [2.75, 3.05) is 0 Å². The molecule has 0 atom stereocenters. The first kappa shape index (κ1) is 16.2. The van der Waals surface area contributed by atoms with E-state index in [1.807, 2.05) is 41.2 Å². The number of thiazole rings is 1. The second-order valence-corrected chi connectivity index (χ2v) is 6.56. The normalized spacial score (nSPS) is 10.9. The van der Waals surface area contributed by atoms with Gasteiger partial charge in [-0.2, -0.15) is 5.10 Å². The van der Waals surface area contributed by atoms with Gasteiger partial charge >= 0.3 is 0 Å². The number of nitrogens with zero attached hydrogens (tertiary/aromatic N) is 4. The molecule has 4 rings (SSSR count). The molecule has 1 N–H and O–H groups in total. The lowest BCUT2D eigenvalue weighted by Gasteiger charge is -2.11. The Bertz CT molecular complexity index is 1110. The van der Waals surface area contributed by atoms with Crippen molar-refractivity contribution in [3.05, 3.63) is 87.5 Å². The zero-order chi connectivity index (χ0) is 17.9. The summed E-state index contributed by atoms with van der Waals surface area (Å²) in [6.07, 6.45) is 6.56. The minimum Gasteiger partial charge on any atom is -0.348 e. The summed E-state index contributed by atoms with van der Waals surface area (Å²) in [4.78, 5) is 29.6. The zero-order valence-corrected chi connectivity index (χ0v) is 14.5. The zero-order valence-electron chi connectivity index (χ0n) is 13.7. The lowest BCUT2D eigenvalue weighted by molar-refractivity contribution is 0.0949. The summed E-state index contributed by atoms with van der Waals surface area (Å²) in [6, 6.07) is 9.68. The van der Waals surface area contributed by atoms with Crippen LogP contribution in [0.2, 0.25) is 0 Å². The lowest BCUT2D eigenvalue weighted by Crippen LogP contribution is -2.31. The standard InChI is InChI=1S/C18H15N5O2S/c24-16(15-11-20-18-23(17(15)25)8-9-26-18)19-10-13-4-1-2-5-14(13)12-22-7-3-6-21-22/h1-9,11H,10,12H2,(H,19,24). The first-order valence-electron chi connectivity index (χ1n) is 7.99. The van der Waals surface area contributed by atoms with Gasteiger partial charge < -0.3 is 5.32 Å². The lowest BCUT2D eigenvalue weighted by atomic mass is 10.1. The molecule has 0 spiro atoms. The number of rotatable bonds is 5. The van der Waals surface area contributed by atoms with Gasteiger partial charge in [-0.3, -0.25) is 18.7 Å². The Balaban J connectivity index is 1.52. The summed E-state index contributed by atoms with van der Waals surface area (Å²) in [7, 11) is 0. The molecule has 1 aromatic carbocycles. The summed E-state index contributed by atoms with van der Waals surface area (Å²) in [6.45, 7) is 0.937. The minimum absolute atomic E-state index is 0.0328. The van der Waals surface area contributed by atoms with E-state index in [0.29, 0.717) is 18.1 Å². The van der Waals surface area contributed by atoms with Crippen molar-refractivity contribution in [2.24, 2.45) is 0 Å². The molecule has 130 valence electrons. The first-order chi connectivity index (χ1) is 12.7. The van der Waals surface area contributed by atoms with Crippen LogP contribution >= 0.6 is 11.3 Å². The van der Waals surface area contributed by atoms with Crippen LogP contribution in [0.15, 0.2) is 65.3 Å². The molecular formula is C18H15N5O2S. The molecule has 0 aliphatic rings. The van der Waals surface area contributed by atoms with E-state index in [0.717, 1.165) is 11.1 Å². The third kappa shape index (κ3) is 3.14. The molecule has 0 saturated carbocycles. The van der Waals surface area contributed by atoms with Gasteiger partial charge in [-0.05, 0) is 17.2 Å². The molecule has 0 aliphatic heterocycles. The fourth-order valence-corrected chi connectivity index (χ4v) is 3.38. The maximum Gasteiger partial charge on any atom is 0.271 e. The SMILES string of the molecule is O=C(NCc1ccccc1Cn1cccn1)c1cnc2sccn2c1=O. The van der Waals surface area contributed by atoms with Crippen molar-refractivity contribution in [3.63, 3.8) is 0 Å². The fourth-order valence-electron chi connectivity index (χ4n) is 2.70. The average molecular weight is 365 g/mol. The Kier molecular flexibility index (Phi) is 4.32. The summed E-state index contributed by atoms with van der Waals surface area (Å²) in [5, 5.41) is 8.78. The topological polar surface area (TPSA) is 81.3 Å². The highest BCUT2D eigenvalue weighted by atomic mass is 32.1. The number of carbonyl (C=O) groups is 1. The van der Waals surface area contributed by atoms with Crippen LogP contribution in [0.3, 0.4) is 0 Å². The van der Waals surface area contributed by atoms with Crippen molar-refractivity contribution < 1.29 is 4.79 Å². The van der Waals surface area contributed by atoms with Crippen LogP contribution in [0.1, 0.15) is 21.5 Å². The fraction of sp³-hybridized carbons (Fsp3) is 0.111. The number of amides is 1. The van der Waals surface area contributed by atoms with Gasteiger partial charge in [0.15, 0.2) is 4.96 Å². The number of carbonyl (C=O) groups excluding carboxylic acids is 1. The van der Waals surface area contributed by atoms with E-state index in [1.165, 1.54) is 21.9 Å². The van der Waals surface area contributed by atoms with Gasteiger partial charge in [0.2, 0.25) is 0 Å². The molecule has 0 saturated heterocycles. The molecule has 3 aromatic heterocycles. The molecule has 7 nitrogen and oxygen atoms in total. The second kappa shape index (κ2) is 6.93. The molecule has 3 heterocycles. The van der Waals surface area contributed by atoms with Crippen LogP contribution in [0.4, 0.5) is 0 Å². The van der Waals surface area contributed by atoms with Gasteiger partial charge in [0.05, 0.1) is 6.54 Å². The highest BCUT2D eigenvalue weighted by Gasteiger charge is 2.14. The van der Waals surface area contributed by atoms with Crippen LogP contribution in [0.25, 0.3) is 4.96 Å². The van der Waals surface area contributed by atoms with Crippen LogP contribution in [0.5, 0.6) is 0 Å². The molecule has 0 radical (unpaired) electrons. The van der Waals surface area contributed by atoms with E-state index in [4.69, 9.17) is 0 Å². The largest absolute Gasteiger partial charge is 0.348 e. The Hall–Kier alpha value is -3.26. The van der Waals surface area contributed by atoms with Gasteiger partial charge in [0, 0.05) is 36.7 Å². The van der Waals surface area contributed by atoms with E-state index in [1.54, 1.807) is 17.8 Å². The minimum atomic E-state index is -0.433. The molecule has 1 amide bonds. The van der Waals surface area contributed by atoms with Gasteiger partial charge in [-0.1, -0.05) is 24.3 Å². The average Bonchev–Trinajstić information content (AvgIpc) is 3.33. The number of nitrogens with one attached hydrogen (secondary N) is 1. The smallest absolute Gasteiger partial charge is 0.271 e. The summed E-state index contributed by atoms with van der Waals surface area (Å²) < 4.78 is 3.20. The van der Waals surface area contributed by atoms with Gasteiger partial charge in [0.1, 0.15) is 5.56 Å². The van der Waals surface area contributed by atoms with Gasteiger partial charge in [-0.25, -0.2) is 4.98 Å². The Morgan fingerprint density at radius 1 is 1.15 bits per heavy atom. The highest BCUT2D eigenvalue weighted by molar-refractivity contribution is 7.15. The number of benzene rings is 1. The molecule has 0 bridgehead atoms. The monoisotopic (exact) mass is 365 g/mol. The van der Waals surface area contributed by atoms with Crippen LogP contribution in [-0.2, 0) is 13.1 Å². The maximum absolute atomic E-state index is 12.5. The van der Waals surface area contributed by atoms with Crippen LogP contribution in [0, 0.1) is 0 Å². The molecule has 0 aliphatic carbocycles. The Labute approximate surface area is 152 Å². The van der Waals surface area contributed by atoms with Crippen molar-refractivity contribution in [2.45, 2.75) is 13.1 Å². The number of hydrogen-bond donors (Lipinski definition) is 1. The van der Waals surface area contributed by atoms with E-state index >= 15 is 0 Å². The van der Waals surface area contributed by atoms with E-state index < -0.39 is 5.91 Å². The third-order valence-corrected chi connectivity index (χ3v) is 4.81. The predicted octanol–water partition coefficient (Wildman–Crippen LogP) is 1.93. The number of aromatic nitrogens is 4. The Morgan fingerprint density at radius 2 is 2.00 bits per heavy atom. The van der Waals surface area contributed by atoms with Gasteiger partial charge in [-0.15, -0.1) is 11.3 Å². The quantitative estimate of drug-likeness (QED) is 0.586. The van der Waals surface area contributed by atoms with Crippen molar-refractivity contribution in [1.82, 2.24) is 24.5 Å². The maximum atomic E-state index is 12.5. The van der Waals surface area contributed by atoms with E-state index in [9.17, 15) is 9.59 Å². The summed E-state index contributed by atoms with van der Waals surface area (Å²) in [5.74, 6) is -0.433. The summed E-state index contributed by atoms with van der Waals surface area (Å²) in [5.41, 5.74) is 1.70. The predicted molar refractivity (Wildman–Crippen MR) is 98.3 cm³/mol. The number of fused-ring (bicyclic) bond motifs is 1.